The van der Waals surface area contributed by atoms with Gasteiger partial charge in [0.1, 0.15) is 0 Å². The highest BCUT2D eigenvalue weighted by molar-refractivity contribution is 5.65. The summed E-state index contributed by atoms with van der Waals surface area (Å²) in [6, 6.07) is 0. The van der Waals surface area contributed by atoms with Gasteiger partial charge in [-0.2, -0.15) is 4.89 Å². The van der Waals surface area contributed by atoms with Gasteiger partial charge in [0.15, 0.2) is 0 Å². The van der Waals surface area contributed by atoms with Crippen LogP contribution >= 0.6 is 0 Å². The minimum absolute atomic E-state index is 0.333. The Labute approximate surface area is 164 Å². The third kappa shape index (κ3) is 24.7. The maximum absolute atomic E-state index is 10.5. The van der Waals surface area contributed by atoms with Crippen LogP contribution in [-0.2, 0) is 19.3 Å². The molecule has 1 N–H and O–H groups in total. The summed E-state index contributed by atoms with van der Waals surface area (Å²) >= 11 is 0. The maximum atomic E-state index is 10.5. The molecular weight excluding hydrogens is 348 g/mol. The van der Waals surface area contributed by atoms with Crippen molar-refractivity contribution in [3.8, 4) is 0 Å². The van der Waals surface area contributed by atoms with Crippen molar-refractivity contribution in [1.82, 2.24) is 0 Å². The normalized spacial score (nSPS) is 10.7. The SMILES string of the molecule is CC(=O)OOCCCCCCCCCCCCCCCCCCOC(=O)O. The third-order valence-corrected chi connectivity index (χ3v) is 4.52. The number of carbonyl (C=O) groups excluding carboxylic acids is 1. The highest BCUT2D eigenvalue weighted by atomic mass is 17.2. The van der Waals surface area contributed by atoms with Crippen molar-refractivity contribution in [2.75, 3.05) is 13.2 Å². The Morgan fingerprint density at radius 1 is 0.593 bits per heavy atom. The molecule has 27 heavy (non-hydrogen) atoms. The predicted octanol–water partition coefficient (Wildman–Crippen LogP) is 6.42. The molecule has 0 heterocycles. The summed E-state index contributed by atoms with van der Waals surface area (Å²) in [5.74, 6) is -0.393. The average molecular weight is 389 g/mol. The van der Waals surface area contributed by atoms with E-state index in [2.05, 4.69) is 9.62 Å². The minimum Gasteiger partial charge on any atom is -0.450 e. The lowest BCUT2D eigenvalue weighted by molar-refractivity contribution is -0.270. The number of rotatable bonds is 20. The van der Waals surface area contributed by atoms with Crippen LogP contribution in [0.2, 0.25) is 0 Å². The Bertz CT molecular complexity index is 314. The van der Waals surface area contributed by atoms with E-state index in [0.29, 0.717) is 13.2 Å². The van der Waals surface area contributed by atoms with Crippen LogP contribution in [0.4, 0.5) is 4.79 Å². The van der Waals surface area contributed by atoms with E-state index in [-0.39, 0.29) is 0 Å². The van der Waals surface area contributed by atoms with Gasteiger partial charge in [0, 0.05) is 6.92 Å². The highest BCUT2D eigenvalue weighted by Crippen LogP contribution is 2.13. The molecule has 0 aromatic rings. The van der Waals surface area contributed by atoms with E-state index in [1.165, 1.54) is 84.0 Å². The van der Waals surface area contributed by atoms with Crippen molar-refractivity contribution >= 4 is 12.1 Å². The molecule has 0 unspecified atom stereocenters. The quantitative estimate of drug-likeness (QED) is 0.112. The van der Waals surface area contributed by atoms with Gasteiger partial charge >= 0.3 is 12.1 Å². The predicted molar refractivity (Wildman–Crippen MR) is 106 cm³/mol. The standard InChI is InChI=1S/C21H40O6/c1-20(22)27-26-19-17-15-13-11-9-7-5-3-2-4-6-8-10-12-14-16-18-25-21(23)24/h2-19H2,1H3,(H,23,24). The molecule has 0 aromatic heterocycles. The molecule has 0 rings (SSSR count). The number of carboxylic acid groups (broad SMARTS) is 1. The van der Waals surface area contributed by atoms with Gasteiger partial charge in [-0.15, -0.1) is 0 Å². The van der Waals surface area contributed by atoms with Crippen molar-refractivity contribution in [3.63, 3.8) is 0 Å². The smallest absolute Gasteiger partial charge is 0.450 e. The summed E-state index contributed by atoms with van der Waals surface area (Å²) in [5.41, 5.74) is 0. The van der Waals surface area contributed by atoms with Gasteiger partial charge in [0.25, 0.3) is 0 Å². The van der Waals surface area contributed by atoms with Crippen molar-refractivity contribution in [3.05, 3.63) is 0 Å². The monoisotopic (exact) mass is 388 g/mol. The topological polar surface area (TPSA) is 82.1 Å². The van der Waals surface area contributed by atoms with E-state index in [9.17, 15) is 9.59 Å². The number of ether oxygens (including phenoxy) is 1. The molecule has 0 aromatic carbocycles. The molecule has 0 saturated carbocycles. The minimum atomic E-state index is -1.17. The van der Waals surface area contributed by atoms with Crippen LogP contribution in [0.3, 0.4) is 0 Å². The second kappa shape index (κ2) is 21.0. The molecule has 0 radical (unpaired) electrons. The van der Waals surface area contributed by atoms with Crippen molar-refractivity contribution in [1.29, 1.82) is 0 Å². The van der Waals surface area contributed by atoms with Crippen LogP contribution in [-0.4, -0.2) is 30.4 Å². The maximum Gasteiger partial charge on any atom is 0.505 e. The summed E-state index contributed by atoms with van der Waals surface area (Å²) in [4.78, 5) is 29.8. The van der Waals surface area contributed by atoms with Gasteiger partial charge in [-0.05, 0) is 12.8 Å². The molecular formula is C21H40O6. The first-order valence-corrected chi connectivity index (χ1v) is 10.8. The van der Waals surface area contributed by atoms with Crippen molar-refractivity contribution in [2.24, 2.45) is 0 Å². The molecule has 0 aliphatic carbocycles. The van der Waals surface area contributed by atoms with E-state index in [1.807, 2.05) is 0 Å². The zero-order valence-electron chi connectivity index (χ0n) is 17.2. The second-order valence-electron chi connectivity index (χ2n) is 7.17. The zero-order valence-corrected chi connectivity index (χ0v) is 17.2. The first-order valence-electron chi connectivity index (χ1n) is 10.8. The van der Waals surface area contributed by atoms with Crippen LogP contribution in [0.5, 0.6) is 0 Å². The molecule has 160 valence electrons. The summed E-state index contributed by atoms with van der Waals surface area (Å²) in [6.07, 6.45) is 18.4. The summed E-state index contributed by atoms with van der Waals surface area (Å²) in [7, 11) is 0. The fourth-order valence-corrected chi connectivity index (χ4v) is 3.02. The molecule has 6 heteroatoms. The first-order chi connectivity index (χ1) is 13.1. The van der Waals surface area contributed by atoms with E-state index >= 15 is 0 Å². The van der Waals surface area contributed by atoms with Gasteiger partial charge < -0.3 is 9.84 Å². The molecule has 0 spiro atoms. The zero-order chi connectivity index (χ0) is 20.0. The lowest BCUT2D eigenvalue weighted by atomic mass is 10.0. The van der Waals surface area contributed by atoms with E-state index < -0.39 is 12.1 Å². The highest BCUT2D eigenvalue weighted by Gasteiger charge is 1.97. The molecule has 0 bridgehead atoms. The number of carbonyl (C=O) groups is 2. The third-order valence-electron chi connectivity index (χ3n) is 4.52. The molecule has 0 aliphatic rings. The Kier molecular flexibility index (Phi) is 20.0. The Hall–Kier alpha value is -1.30. The number of unbranched alkanes of at least 4 members (excludes halogenated alkanes) is 15. The number of hydrogen-bond acceptors (Lipinski definition) is 5. The molecule has 0 atom stereocenters. The van der Waals surface area contributed by atoms with Gasteiger partial charge in [-0.25, -0.2) is 9.59 Å². The van der Waals surface area contributed by atoms with Crippen molar-refractivity contribution < 1.29 is 29.2 Å². The molecule has 0 saturated heterocycles. The second-order valence-corrected chi connectivity index (χ2v) is 7.17. The fraction of sp³-hybridized carbons (Fsp3) is 0.905. The Balaban J connectivity index is 3.01. The summed E-state index contributed by atoms with van der Waals surface area (Å²) < 4.78 is 4.48. The fourth-order valence-electron chi connectivity index (χ4n) is 3.02. The largest absolute Gasteiger partial charge is 0.505 e. The Morgan fingerprint density at radius 3 is 1.26 bits per heavy atom. The Morgan fingerprint density at radius 2 is 0.926 bits per heavy atom. The van der Waals surface area contributed by atoms with Crippen LogP contribution in [0.25, 0.3) is 0 Å². The van der Waals surface area contributed by atoms with E-state index in [4.69, 9.17) is 9.99 Å². The summed E-state index contributed by atoms with van der Waals surface area (Å²) in [5, 5.41) is 8.34. The molecule has 6 nitrogen and oxygen atoms in total. The summed E-state index contributed by atoms with van der Waals surface area (Å²) in [6.45, 7) is 2.17. The van der Waals surface area contributed by atoms with Crippen molar-refractivity contribution in [2.45, 2.75) is 110 Å². The van der Waals surface area contributed by atoms with E-state index in [1.54, 1.807) is 0 Å². The van der Waals surface area contributed by atoms with Gasteiger partial charge in [0.2, 0.25) is 0 Å². The molecule has 0 aliphatic heterocycles. The van der Waals surface area contributed by atoms with E-state index in [0.717, 1.165) is 25.7 Å². The number of hydrogen-bond donors (Lipinski definition) is 1. The van der Waals surface area contributed by atoms with Gasteiger partial charge in [-0.3, -0.25) is 4.89 Å². The van der Waals surface area contributed by atoms with Gasteiger partial charge in [-0.1, -0.05) is 89.9 Å². The first kappa shape index (κ1) is 25.7. The molecule has 0 fully saturated rings. The van der Waals surface area contributed by atoms with Crippen LogP contribution < -0.4 is 0 Å². The molecule has 0 amide bonds. The van der Waals surface area contributed by atoms with Gasteiger partial charge in [0.05, 0.1) is 13.2 Å². The lowest BCUT2D eigenvalue weighted by Crippen LogP contribution is -2.01. The lowest BCUT2D eigenvalue weighted by Gasteiger charge is -2.04. The average Bonchev–Trinajstić information content (AvgIpc) is 2.62. The van der Waals surface area contributed by atoms with Crippen LogP contribution in [0.15, 0.2) is 0 Å². The van der Waals surface area contributed by atoms with Crippen LogP contribution in [0, 0.1) is 0 Å². The van der Waals surface area contributed by atoms with Crippen LogP contribution in [0.1, 0.15) is 110 Å².